The van der Waals surface area contributed by atoms with Crippen LogP contribution in [0.2, 0.25) is 0 Å². The lowest BCUT2D eigenvalue weighted by molar-refractivity contribution is 0.155. The predicted octanol–water partition coefficient (Wildman–Crippen LogP) is 1.51. The Morgan fingerprint density at radius 3 is 3.00 bits per heavy atom. The van der Waals surface area contributed by atoms with Gasteiger partial charge in [-0.15, -0.1) is 0 Å². The molecule has 1 saturated heterocycles. The van der Waals surface area contributed by atoms with Gasteiger partial charge in [0.05, 0.1) is 6.61 Å². The third kappa shape index (κ3) is 3.03. The first kappa shape index (κ1) is 12.5. The van der Waals surface area contributed by atoms with Crippen LogP contribution in [0.5, 0.6) is 0 Å². The molecule has 1 aliphatic heterocycles. The van der Waals surface area contributed by atoms with Gasteiger partial charge in [0.2, 0.25) is 0 Å². The van der Waals surface area contributed by atoms with Crippen LogP contribution < -0.4 is 5.73 Å². The second-order valence-electron chi connectivity index (χ2n) is 4.56. The molecule has 3 nitrogen and oxygen atoms in total. The van der Waals surface area contributed by atoms with Crippen molar-refractivity contribution < 1.29 is 9.13 Å². The summed E-state index contributed by atoms with van der Waals surface area (Å²) in [4.78, 5) is 2.14. The number of rotatable bonds is 4. The zero-order valence-electron chi connectivity index (χ0n) is 10.2. The van der Waals surface area contributed by atoms with Crippen molar-refractivity contribution in [2.75, 3.05) is 20.3 Å². The van der Waals surface area contributed by atoms with Gasteiger partial charge >= 0.3 is 0 Å². The van der Waals surface area contributed by atoms with E-state index < -0.39 is 0 Å². The minimum Gasteiger partial charge on any atom is -0.380 e. The summed E-state index contributed by atoms with van der Waals surface area (Å²) in [6, 6.07) is 5.48. The molecule has 94 valence electrons. The van der Waals surface area contributed by atoms with Gasteiger partial charge in [-0.05, 0) is 25.1 Å². The molecule has 0 saturated carbocycles. The summed E-state index contributed by atoms with van der Waals surface area (Å²) >= 11 is 0. The minimum atomic E-state index is -0.159. The van der Waals surface area contributed by atoms with Crippen molar-refractivity contribution in [2.24, 2.45) is 5.73 Å². The van der Waals surface area contributed by atoms with E-state index in [1.54, 1.807) is 6.07 Å². The maximum Gasteiger partial charge on any atom is 0.127 e. The van der Waals surface area contributed by atoms with E-state index in [1.165, 1.54) is 6.07 Å². The van der Waals surface area contributed by atoms with Crippen LogP contribution in [0.25, 0.3) is 0 Å². The summed E-state index contributed by atoms with van der Waals surface area (Å²) in [5.41, 5.74) is 7.25. The fourth-order valence-electron chi connectivity index (χ4n) is 2.14. The van der Waals surface area contributed by atoms with Crippen LogP contribution in [0.15, 0.2) is 18.2 Å². The Morgan fingerprint density at radius 2 is 2.35 bits per heavy atom. The first-order valence-corrected chi connectivity index (χ1v) is 5.96. The largest absolute Gasteiger partial charge is 0.380 e. The van der Waals surface area contributed by atoms with Crippen molar-refractivity contribution >= 4 is 0 Å². The minimum absolute atomic E-state index is 0.159. The lowest BCUT2D eigenvalue weighted by Crippen LogP contribution is -2.31. The van der Waals surface area contributed by atoms with E-state index >= 15 is 0 Å². The van der Waals surface area contributed by atoms with Crippen molar-refractivity contribution in [1.82, 2.24) is 4.90 Å². The number of likely N-dealkylation sites (N-methyl/N-ethyl adjacent to an activating group) is 1. The Hall–Kier alpha value is -0.970. The molecule has 1 aromatic carbocycles. The second kappa shape index (κ2) is 5.58. The molecule has 2 rings (SSSR count). The van der Waals surface area contributed by atoms with Crippen LogP contribution in [-0.4, -0.2) is 31.2 Å². The van der Waals surface area contributed by atoms with Crippen molar-refractivity contribution in [3.05, 3.63) is 35.1 Å². The first-order valence-electron chi connectivity index (χ1n) is 5.96. The van der Waals surface area contributed by atoms with Crippen LogP contribution in [0.4, 0.5) is 4.39 Å². The molecule has 4 heteroatoms. The highest BCUT2D eigenvalue weighted by Crippen LogP contribution is 2.17. The van der Waals surface area contributed by atoms with Crippen molar-refractivity contribution in [3.8, 4) is 0 Å². The molecule has 0 bridgehead atoms. The monoisotopic (exact) mass is 238 g/mol. The molecule has 17 heavy (non-hydrogen) atoms. The topological polar surface area (TPSA) is 38.5 Å². The van der Waals surface area contributed by atoms with Gasteiger partial charge in [-0.2, -0.15) is 0 Å². The number of nitrogens with zero attached hydrogens (tertiary/aromatic N) is 1. The summed E-state index contributed by atoms with van der Waals surface area (Å²) in [6.45, 7) is 2.60. The molecule has 1 aromatic rings. The lowest BCUT2D eigenvalue weighted by atomic mass is 10.1. The third-order valence-corrected chi connectivity index (χ3v) is 3.29. The van der Waals surface area contributed by atoms with Crippen LogP contribution >= 0.6 is 0 Å². The molecule has 1 heterocycles. The summed E-state index contributed by atoms with van der Waals surface area (Å²) in [7, 11) is 2.01. The van der Waals surface area contributed by atoms with E-state index in [-0.39, 0.29) is 5.82 Å². The Kier molecular flexibility index (Phi) is 4.10. The third-order valence-electron chi connectivity index (χ3n) is 3.29. The van der Waals surface area contributed by atoms with Gasteiger partial charge in [-0.25, -0.2) is 4.39 Å². The average molecular weight is 238 g/mol. The zero-order valence-corrected chi connectivity index (χ0v) is 10.2. The summed E-state index contributed by atoms with van der Waals surface area (Å²) in [6.07, 6.45) is 1.02. The maximum absolute atomic E-state index is 13.7. The fraction of sp³-hybridized carbons (Fsp3) is 0.538. The molecular weight excluding hydrogens is 219 g/mol. The molecule has 1 fully saturated rings. The fourth-order valence-corrected chi connectivity index (χ4v) is 2.14. The van der Waals surface area contributed by atoms with Crippen LogP contribution in [0, 0.1) is 5.82 Å². The van der Waals surface area contributed by atoms with E-state index in [2.05, 4.69) is 4.90 Å². The molecule has 1 aliphatic rings. The smallest absolute Gasteiger partial charge is 0.127 e. The standard InChI is InChI=1S/C13H19FN2O/c1-16(12-4-5-17-9-12)8-11-6-10(7-15)2-3-13(11)14/h2-3,6,12H,4-5,7-9,15H2,1H3. The van der Waals surface area contributed by atoms with Crippen molar-refractivity contribution in [3.63, 3.8) is 0 Å². The quantitative estimate of drug-likeness (QED) is 0.864. The Labute approximate surface area is 101 Å². The maximum atomic E-state index is 13.7. The molecule has 0 radical (unpaired) electrons. The highest BCUT2D eigenvalue weighted by Gasteiger charge is 2.21. The lowest BCUT2D eigenvalue weighted by Gasteiger charge is -2.23. The van der Waals surface area contributed by atoms with Crippen molar-refractivity contribution in [2.45, 2.75) is 25.6 Å². The molecule has 0 amide bonds. The number of ether oxygens (including phenoxy) is 1. The van der Waals surface area contributed by atoms with E-state index in [0.717, 1.165) is 25.2 Å². The molecule has 2 N–H and O–H groups in total. The highest BCUT2D eigenvalue weighted by atomic mass is 19.1. The number of hydrogen-bond donors (Lipinski definition) is 1. The number of nitrogens with two attached hydrogens (primary N) is 1. The second-order valence-corrected chi connectivity index (χ2v) is 4.56. The van der Waals surface area contributed by atoms with Crippen LogP contribution in [0.3, 0.4) is 0 Å². The van der Waals surface area contributed by atoms with Gasteiger partial charge in [0, 0.05) is 31.3 Å². The van der Waals surface area contributed by atoms with E-state index in [1.807, 2.05) is 13.1 Å². The Morgan fingerprint density at radius 1 is 1.53 bits per heavy atom. The molecule has 0 aliphatic carbocycles. The van der Waals surface area contributed by atoms with Gasteiger partial charge in [-0.1, -0.05) is 12.1 Å². The predicted molar refractivity (Wildman–Crippen MR) is 65.0 cm³/mol. The van der Waals surface area contributed by atoms with Gasteiger partial charge in [0.15, 0.2) is 0 Å². The molecule has 0 spiro atoms. The van der Waals surface area contributed by atoms with Crippen LogP contribution in [-0.2, 0) is 17.8 Å². The van der Waals surface area contributed by atoms with Gasteiger partial charge in [0.25, 0.3) is 0 Å². The van der Waals surface area contributed by atoms with Crippen molar-refractivity contribution in [1.29, 1.82) is 0 Å². The first-order chi connectivity index (χ1) is 8.20. The normalized spacial score (nSPS) is 20.1. The van der Waals surface area contributed by atoms with E-state index in [4.69, 9.17) is 10.5 Å². The molecule has 0 aromatic heterocycles. The van der Waals surface area contributed by atoms with E-state index in [9.17, 15) is 4.39 Å². The van der Waals surface area contributed by atoms with Crippen LogP contribution in [0.1, 0.15) is 17.5 Å². The zero-order chi connectivity index (χ0) is 12.3. The number of benzene rings is 1. The molecule has 1 unspecified atom stereocenters. The summed E-state index contributed by atoms with van der Waals surface area (Å²) in [5.74, 6) is -0.159. The summed E-state index contributed by atoms with van der Waals surface area (Å²) in [5, 5.41) is 0. The number of hydrogen-bond acceptors (Lipinski definition) is 3. The summed E-state index contributed by atoms with van der Waals surface area (Å²) < 4.78 is 19.0. The molecule has 1 atom stereocenters. The van der Waals surface area contributed by atoms with Gasteiger partial charge in [-0.3, -0.25) is 4.90 Å². The van der Waals surface area contributed by atoms with Gasteiger partial charge < -0.3 is 10.5 Å². The van der Waals surface area contributed by atoms with Gasteiger partial charge in [0.1, 0.15) is 5.82 Å². The molecular formula is C13H19FN2O. The Bertz CT molecular complexity index is 378. The SMILES string of the molecule is CN(Cc1cc(CN)ccc1F)C1CCOC1. The van der Waals surface area contributed by atoms with E-state index in [0.29, 0.717) is 24.7 Å². The number of halogens is 1. The Balaban J connectivity index is 2.06. The highest BCUT2D eigenvalue weighted by molar-refractivity contribution is 5.25. The average Bonchev–Trinajstić information content (AvgIpc) is 2.85.